The predicted molar refractivity (Wildman–Crippen MR) is 108 cm³/mol. The average molecular weight is 366 g/mol. The number of nitrogens with one attached hydrogen (secondary N) is 1. The van der Waals surface area contributed by atoms with E-state index >= 15 is 0 Å². The van der Waals surface area contributed by atoms with Gasteiger partial charge in [-0.1, -0.05) is 24.3 Å². The minimum absolute atomic E-state index is 0.0121. The van der Waals surface area contributed by atoms with Crippen molar-refractivity contribution in [1.29, 1.82) is 0 Å². The summed E-state index contributed by atoms with van der Waals surface area (Å²) in [5.74, 6) is -0.0371. The topological polar surface area (TPSA) is 78.7 Å². The van der Waals surface area contributed by atoms with E-state index in [1.807, 2.05) is 36.9 Å². The molecule has 6 nitrogen and oxygen atoms in total. The fourth-order valence-electron chi connectivity index (χ4n) is 3.36. The third-order valence-corrected chi connectivity index (χ3v) is 4.91. The zero-order valence-electron chi connectivity index (χ0n) is 15.9. The number of piperazine rings is 1. The van der Waals surface area contributed by atoms with Crippen molar-refractivity contribution < 1.29 is 9.59 Å². The highest BCUT2D eigenvalue weighted by Crippen LogP contribution is 2.19. The van der Waals surface area contributed by atoms with E-state index in [-0.39, 0.29) is 11.8 Å². The molecule has 2 aromatic rings. The van der Waals surface area contributed by atoms with Gasteiger partial charge in [-0.05, 0) is 43.2 Å². The zero-order valence-corrected chi connectivity index (χ0v) is 15.9. The Kier molecular flexibility index (Phi) is 5.76. The van der Waals surface area contributed by atoms with E-state index in [1.54, 1.807) is 24.3 Å². The highest BCUT2D eigenvalue weighted by Gasteiger charge is 2.23. The van der Waals surface area contributed by atoms with Crippen molar-refractivity contribution >= 4 is 23.2 Å². The van der Waals surface area contributed by atoms with Gasteiger partial charge in [0.2, 0.25) is 5.91 Å². The van der Waals surface area contributed by atoms with Gasteiger partial charge in [0.15, 0.2) is 0 Å². The third kappa shape index (κ3) is 4.65. The second kappa shape index (κ2) is 8.22. The van der Waals surface area contributed by atoms with Crippen molar-refractivity contribution in [3.8, 4) is 0 Å². The summed E-state index contributed by atoms with van der Waals surface area (Å²) in [6, 6.07) is 13.0. The van der Waals surface area contributed by atoms with Crippen LogP contribution in [0.3, 0.4) is 0 Å². The molecule has 0 aromatic heterocycles. The Morgan fingerprint density at radius 1 is 1.00 bits per heavy atom. The number of amides is 2. The molecule has 3 N–H and O–H groups in total. The first-order valence-corrected chi connectivity index (χ1v) is 9.17. The number of nitrogens with zero attached hydrogens (tertiary/aromatic N) is 2. The smallest absolute Gasteiger partial charge is 0.254 e. The average Bonchev–Trinajstić information content (AvgIpc) is 2.65. The van der Waals surface area contributed by atoms with Crippen LogP contribution in [0.15, 0.2) is 42.5 Å². The molecule has 142 valence electrons. The minimum atomic E-state index is -0.0250. The van der Waals surface area contributed by atoms with Crippen LogP contribution in [0.4, 0.5) is 11.4 Å². The van der Waals surface area contributed by atoms with Crippen LogP contribution in [-0.4, -0.2) is 54.3 Å². The molecular weight excluding hydrogens is 340 g/mol. The molecule has 0 bridgehead atoms. The molecule has 0 atom stereocenters. The van der Waals surface area contributed by atoms with Crippen LogP contribution in [0.1, 0.15) is 21.5 Å². The van der Waals surface area contributed by atoms with Gasteiger partial charge in [-0.15, -0.1) is 0 Å². The van der Waals surface area contributed by atoms with Gasteiger partial charge >= 0.3 is 0 Å². The van der Waals surface area contributed by atoms with Crippen LogP contribution < -0.4 is 11.1 Å². The molecule has 0 radical (unpaired) electrons. The molecule has 6 heteroatoms. The molecule has 0 aliphatic carbocycles. The molecule has 2 amide bonds. The van der Waals surface area contributed by atoms with E-state index in [0.29, 0.717) is 44.0 Å². The SMILES string of the molecule is Cc1cccc(C)c1NC(=O)CN1CCN(C(=O)c2cccc(N)c2)CC1. The quantitative estimate of drug-likeness (QED) is 0.814. The molecule has 1 heterocycles. The Hall–Kier alpha value is -2.86. The standard InChI is InChI=1S/C21H26N4O2/c1-15-5-3-6-16(2)20(15)23-19(26)14-24-9-11-25(12-10-24)21(27)17-7-4-8-18(22)13-17/h3-8,13H,9-12,14,22H2,1-2H3,(H,23,26). The number of carbonyl (C=O) groups is 2. The molecule has 1 saturated heterocycles. The van der Waals surface area contributed by atoms with Crippen LogP contribution in [0, 0.1) is 13.8 Å². The number of hydrogen-bond acceptors (Lipinski definition) is 4. The Balaban J connectivity index is 1.52. The number of hydrogen-bond donors (Lipinski definition) is 2. The molecule has 1 aliphatic rings. The molecule has 1 aliphatic heterocycles. The highest BCUT2D eigenvalue weighted by atomic mass is 16.2. The van der Waals surface area contributed by atoms with Crippen molar-refractivity contribution in [3.05, 3.63) is 59.2 Å². The van der Waals surface area contributed by atoms with E-state index in [2.05, 4.69) is 10.2 Å². The summed E-state index contributed by atoms with van der Waals surface area (Å²) in [5.41, 5.74) is 9.96. The first kappa shape index (κ1) is 18.9. The summed E-state index contributed by atoms with van der Waals surface area (Å²) in [5, 5.41) is 3.02. The van der Waals surface area contributed by atoms with E-state index < -0.39 is 0 Å². The minimum Gasteiger partial charge on any atom is -0.399 e. The Morgan fingerprint density at radius 3 is 2.26 bits per heavy atom. The number of carbonyl (C=O) groups excluding carboxylic acids is 2. The van der Waals surface area contributed by atoms with Crippen LogP contribution in [-0.2, 0) is 4.79 Å². The predicted octanol–water partition coefficient (Wildman–Crippen LogP) is 2.28. The summed E-state index contributed by atoms with van der Waals surface area (Å²) >= 11 is 0. The van der Waals surface area contributed by atoms with Gasteiger partial charge < -0.3 is 16.0 Å². The Labute approximate surface area is 159 Å². The monoisotopic (exact) mass is 366 g/mol. The van der Waals surface area contributed by atoms with E-state index in [1.165, 1.54) is 0 Å². The van der Waals surface area contributed by atoms with Crippen molar-refractivity contribution in [2.45, 2.75) is 13.8 Å². The molecular formula is C21H26N4O2. The van der Waals surface area contributed by atoms with Gasteiger partial charge in [-0.3, -0.25) is 14.5 Å². The fourth-order valence-corrected chi connectivity index (χ4v) is 3.36. The Morgan fingerprint density at radius 2 is 1.63 bits per heavy atom. The number of anilines is 2. The van der Waals surface area contributed by atoms with Gasteiger partial charge in [-0.25, -0.2) is 0 Å². The maximum absolute atomic E-state index is 12.6. The van der Waals surface area contributed by atoms with Gasteiger partial charge in [0.25, 0.3) is 5.91 Å². The van der Waals surface area contributed by atoms with Crippen molar-refractivity contribution in [1.82, 2.24) is 9.80 Å². The van der Waals surface area contributed by atoms with Gasteiger partial charge in [0, 0.05) is 43.1 Å². The van der Waals surface area contributed by atoms with Crippen LogP contribution in [0.25, 0.3) is 0 Å². The van der Waals surface area contributed by atoms with E-state index in [0.717, 1.165) is 16.8 Å². The fraction of sp³-hybridized carbons (Fsp3) is 0.333. The summed E-state index contributed by atoms with van der Waals surface area (Å²) in [7, 11) is 0. The van der Waals surface area contributed by atoms with Crippen molar-refractivity contribution in [2.24, 2.45) is 0 Å². The maximum Gasteiger partial charge on any atom is 0.254 e. The summed E-state index contributed by atoms with van der Waals surface area (Å²) in [6.07, 6.45) is 0. The van der Waals surface area contributed by atoms with Gasteiger partial charge in [0.05, 0.1) is 6.54 Å². The molecule has 2 aromatic carbocycles. The lowest BCUT2D eigenvalue weighted by atomic mass is 10.1. The van der Waals surface area contributed by atoms with Crippen molar-refractivity contribution in [3.63, 3.8) is 0 Å². The molecule has 27 heavy (non-hydrogen) atoms. The number of para-hydroxylation sites is 1. The maximum atomic E-state index is 12.6. The number of nitrogen functional groups attached to an aromatic ring is 1. The van der Waals surface area contributed by atoms with E-state index in [9.17, 15) is 9.59 Å². The number of rotatable bonds is 4. The zero-order chi connectivity index (χ0) is 19.4. The van der Waals surface area contributed by atoms with Crippen LogP contribution in [0.2, 0.25) is 0 Å². The number of nitrogens with two attached hydrogens (primary N) is 1. The number of aryl methyl sites for hydroxylation is 2. The second-order valence-corrected chi connectivity index (χ2v) is 7.01. The first-order valence-electron chi connectivity index (χ1n) is 9.17. The Bertz CT molecular complexity index is 822. The molecule has 0 spiro atoms. The summed E-state index contributed by atoms with van der Waals surface area (Å²) < 4.78 is 0. The second-order valence-electron chi connectivity index (χ2n) is 7.01. The lowest BCUT2D eigenvalue weighted by molar-refractivity contribution is -0.117. The normalized spacial score (nSPS) is 14.8. The largest absolute Gasteiger partial charge is 0.399 e. The van der Waals surface area contributed by atoms with Gasteiger partial charge in [0.1, 0.15) is 0 Å². The molecule has 3 rings (SSSR count). The van der Waals surface area contributed by atoms with Crippen LogP contribution >= 0.6 is 0 Å². The van der Waals surface area contributed by atoms with Crippen LogP contribution in [0.5, 0.6) is 0 Å². The molecule has 0 saturated carbocycles. The first-order chi connectivity index (χ1) is 12.9. The van der Waals surface area contributed by atoms with Gasteiger partial charge in [-0.2, -0.15) is 0 Å². The summed E-state index contributed by atoms with van der Waals surface area (Å²) in [6.45, 7) is 6.86. The number of benzene rings is 2. The molecule has 0 unspecified atom stereocenters. The van der Waals surface area contributed by atoms with E-state index in [4.69, 9.17) is 5.73 Å². The van der Waals surface area contributed by atoms with Crippen molar-refractivity contribution in [2.75, 3.05) is 43.8 Å². The lowest BCUT2D eigenvalue weighted by Crippen LogP contribution is -2.50. The molecule has 1 fully saturated rings. The highest BCUT2D eigenvalue weighted by molar-refractivity contribution is 5.95. The lowest BCUT2D eigenvalue weighted by Gasteiger charge is -2.34. The third-order valence-electron chi connectivity index (χ3n) is 4.91. The summed E-state index contributed by atoms with van der Waals surface area (Å²) in [4.78, 5) is 28.9.